The summed E-state index contributed by atoms with van der Waals surface area (Å²) in [7, 11) is 0. The summed E-state index contributed by atoms with van der Waals surface area (Å²) in [6, 6.07) is 30.7. The highest BCUT2D eigenvalue weighted by atomic mass is 19.2. The molecule has 0 radical (unpaired) electrons. The third-order valence-corrected chi connectivity index (χ3v) is 10.7. The topological polar surface area (TPSA) is 115 Å². The van der Waals surface area contributed by atoms with Crippen molar-refractivity contribution >= 4 is 17.4 Å². The third kappa shape index (κ3) is 9.97. The molecule has 1 saturated heterocycles. The minimum Gasteiger partial charge on any atom is -0.488 e. The highest BCUT2D eigenvalue weighted by molar-refractivity contribution is 5.80. The quantitative estimate of drug-likeness (QED) is 0.0873. The van der Waals surface area contributed by atoms with Crippen LogP contribution < -0.4 is 9.64 Å². The molecule has 1 unspecified atom stereocenters. The van der Waals surface area contributed by atoms with Crippen LogP contribution >= 0.6 is 0 Å². The van der Waals surface area contributed by atoms with Crippen LogP contribution in [-0.2, 0) is 32.2 Å². The van der Waals surface area contributed by atoms with Gasteiger partial charge in [0.05, 0.1) is 43.8 Å². The number of aryl methyl sites for hydroxylation is 1. The molecule has 10 nitrogen and oxygen atoms in total. The van der Waals surface area contributed by atoms with Crippen molar-refractivity contribution in [3.8, 4) is 28.1 Å². The van der Waals surface area contributed by atoms with Gasteiger partial charge in [-0.25, -0.2) is 18.6 Å². The number of aliphatic carboxylic acids is 1. The van der Waals surface area contributed by atoms with Crippen LogP contribution in [-0.4, -0.2) is 70.2 Å². The van der Waals surface area contributed by atoms with Crippen LogP contribution in [0.25, 0.3) is 28.0 Å². The first-order valence-electron chi connectivity index (χ1n) is 19.8. The summed E-state index contributed by atoms with van der Waals surface area (Å²) in [5.74, 6) is -2.64. The molecule has 12 heteroatoms. The Morgan fingerprint density at radius 2 is 1.53 bits per heavy atom. The van der Waals surface area contributed by atoms with Crippen LogP contribution in [0.3, 0.4) is 0 Å². The molecule has 2 aromatic heterocycles. The van der Waals surface area contributed by atoms with Crippen molar-refractivity contribution in [1.82, 2.24) is 9.38 Å². The number of rotatable bonds is 17. The van der Waals surface area contributed by atoms with E-state index < -0.39 is 29.3 Å². The number of benzene rings is 4. The first-order chi connectivity index (χ1) is 28.5. The van der Waals surface area contributed by atoms with Gasteiger partial charge in [0.25, 0.3) is 0 Å². The molecular formula is C47H49F2N3O7. The highest BCUT2D eigenvalue weighted by Crippen LogP contribution is 2.39. The Labute approximate surface area is 342 Å². The van der Waals surface area contributed by atoms with Gasteiger partial charge in [-0.3, -0.25) is 4.40 Å². The molecule has 4 aromatic carbocycles. The Balaban J connectivity index is 1.08. The van der Waals surface area contributed by atoms with Crippen LogP contribution in [0.15, 0.2) is 109 Å². The largest absolute Gasteiger partial charge is 0.488 e. The number of halogens is 2. The second-order valence-corrected chi connectivity index (χ2v) is 15.2. The smallest absolute Gasteiger partial charge is 0.337 e. The van der Waals surface area contributed by atoms with E-state index in [0.717, 1.165) is 23.3 Å². The molecule has 59 heavy (non-hydrogen) atoms. The lowest BCUT2D eigenvalue weighted by Crippen LogP contribution is -2.45. The van der Waals surface area contributed by atoms with E-state index in [1.807, 2.05) is 90.3 Å². The van der Waals surface area contributed by atoms with E-state index in [1.165, 1.54) is 0 Å². The minimum absolute atomic E-state index is 0.0693. The second-order valence-electron chi connectivity index (χ2n) is 15.2. The van der Waals surface area contributed by atoms with Crippen molar-refractivity contribution in [3.63, 3.8) is 0 Å². The summed E-state index contributed by atoms with van der Waals surface area (Å²) >= 11 is 0. The zero-order valence-corrected chi connectivity index (χ0v) is 33.4. The fourth-order valence-electron chi connectivity index (χ4n) is 7.41. The second kappa shape index (κ2) is 18.5. The lowest BCUT2D eigenvalue weighted by molar-refractivity contribution is -0.147. The summed E-state index contributed by atoms with van der Waals surface area (Å²) in [5.41, 5.74) is 5.19. The Morgan fingerprint density at radius 1 is 0.864 bits per heavy atom. The molecule has 6 aromatic rings. The number of aliphatic hydroxyl groups excluding tert-OH is 1. The van der Waals surface area contributed by atoms with Gasteiger partial charge in [0.1, 0.15) is 23.8 Å². The average molecular weight is 806 g/mol. The maximum absolute atomic E-state index is 14.7. The molecule has 0 bridgehead atoms. The number of aliphatic hydroxyl groups is 1. The third-order valence-electron chi connectivity index (χ3n) is 10.7. The van der Waals surface area contributed by atoms with Gasteiger partial charge in [-0.05, 0) is 74.1 Å². The molecule has 1 fully saturated rings. The van der Waals surface area contributed by atoms with Crippen LogP contribution in [0, 0.1) is 18.6 Å². The lowest BCUT2D eigenvalue weighted by Gasteiger charge is -2.41. The molecule has 0 amide bonds. The van der Waals surface area contributed by atoms with Gasteiger partial charge in [0, 0.05) is 42.0 Å². The number of anilines is 1. The number of ether oxygens (including phenoxy) is 4. The van der Waals surface area contributed by atoms with Crippen LogP contribution in [0.2, 0.25) is 0 Å². The number of carboxylic acids is 1. The van der Waals surface area contributed by atoms with E-state index in [4.69, 9.17) is 23.9 Å². The summed E-state index contributed by atoms with van der Waals surface area (Å²) in [4.78, 5) is 19.3. The molecule has 2 N–H and O–H groups in total. The molecule has 0 aliphatic carbocycles. The van der Waals surface area contributed by atoms with Crippen molar-refractivity contribution in [2.75, 3.05) is 37.8 Å². The monoisotopic (exact) mass is 805 g/mol. The molecule has 1 aliphatic rings. The van der Waals surface area contributed by atoms with Crippen molar-refractivity contribution in [1.29, 1.82) is 0 Å². The number of hydrogen-bond acceptors (Lipinski definition) is 8. The minimum atomic E-state index is -1.77. The standard InChI is InChI=1S/C47H49F2N3O7/c1-31-23-42-50-40(36-16-10-15-35(24-36)37-25-38(48)39(49)26-41(37)58-30-34-13-8-5-9-14-34)27-52(42)45(43(31)44(53)46(54)55)51-19-17-47(3,18-20-51)59-22-21-56-28-32(2)57-29-33-11-6-4-7-12-33/h4-16,23-27,32,44,53H,17-22,28-30H2,1-3H3,(H,54,55)/t32-,44?/m1/s1. The maximum atomic E-state index is 14.7. The van der Waals surface area contributed by atoms with Crippen molar-refractivity contribution in [3.05, 3.63) is 143 Å². The van der Waals surface area contributed by atoms with E-state index in [0.29, 0.717) is 91.8 Å². The van der Waals surface area contributed by atoms with Crippen LogP contribution in [0.4, 0.5) is 14.6 Å². The molecule has 0 spiro atoms. The van der Waals surface area contributed by atoms with E-state index in [2.05, 4.69) is 11.8 Å². The molecular weight excluding hydrogens is 757 g/mol. The van der Waals surface area contributed by atoms with Gasteiger partial charge in [0.2, 0.25) is 0 Å². The summed E-state index contributed by atoms with van der Waals surface area (Å²) in [6.07, 6.45) is 1.26. The number of carboxylic acid groups (broad SMARTS) is 1. The zero-order valence-electron chi connectivity index (χ0n) is 33.4. The van der Waals surface area contributed by atoms with E-state index in [1.54, 1.807) is 25.1 Å². The first-order valence-corrected chi connectivity index (χ1v) is 19.8. The summed E-state index contributed by atoms with van der Waals surface area (Å²) in [6.45, 7) is 8.85. The van der Waals surface area contributed by atoms with E-state index in [9.17, 15) is 23.8 Å². The normalized spacial score (nSPS) is 15.0. The summed E-state index contributed by atoms with van der Waals surface area (Å²) < 4.78 is 55.1. The lowest BCUT2D eigenvalue weighted by atomic mass is 9.92. The number of carbonyl (C=O) groups is 1. The molecule has 0 saturated carbocycles. The first kappa shape index (κ1) is 41.5. The van der Waals surface area contributed by atoms with Gasteiger partial charge < -0.3 is 34.1 Å². The van der Waals surface area contributed by atoms with Crippen molar-refractivity contribution in [2.45, 2.75) is 64.6 Å². The predicted octanol–water partition coefficient (Wildman–Crippen LogP) is 8.95. The Morgan fingerprint density at radius 3 is 2.22 bits per heavy atom. The van der Waals surface area contributed by atoms with E-state index in [-0.39, 0.29) is 24.0 Å². The van der Waals surface area contributed by atoms with Gasteiger partial charge in [-0.15, -0.1) is 0 Å². The van der Waals surface area contributed by atoms with Crippen molar-refractivity contribution < 1.29 is 42.7 Å². The number of pyridine rings is 1. The summed E-state index contributed by atoms with van der Waals surface area (Å²) in [5, 5.41) is 21.0. The average Bonchev–Trinajstić information content (AvgIpc) is 3.67. The Bertz CT molecular complexity index is 2370. The molecule has 7 rings (SSSR count). The number of imidazole rings is 1. The number of hydrogen-bond donors (Lipinski definition) is 2. The molecule has 3 heterocycles. The zero-order chi connectivity index (χ0) is 41.5. The highest BCUT2D eigenvalue weighted by Gasteiger charge is 2.35. The number of aromatic nitrogens is 2. The van der Waals surface area contributed by atoms with Crippen molar-refractivity contribution in [2.24, 2.45) is 0 Å². The van der Waals surface area contributed by atoms with Gasteiger partial charge in [-0.1, -0.05) is 78.9 Å². The fourth-order valence-corrected chi connectivity index (χ4v) is 7.41. The Hall–Kier alpha value is -5.66. The SMILES string of the molecule is Cc1cc2nc(-c3cccc(-c4cc(F)c(F)cc4OCc4ccccc4)c3)cn2c(N2CCC(C)(OCCOC[C@@H](C)OCc3ccccc3)CC2)c1C(O)C(=O)O. The van der Waals surface area contributed by atoms with Gasteiger partial charge >= 0.3 is 5.97 Å². The number of piperidine rings is 1. The number of fused-ring (bicyclic) bond motifs is 1. The van der Waals surface area contributed by atoms with Gasteiger partial charge in [-0.2, -0.15) is 0 Å². The maximum Gasteiger partial charge on any atom is 0.337 e. The van der Waals surface area contributed by atoms with Gasteiger partial charge in [0.15, 0.2) is 17.7 Å². The fraction of sp³-hybridized carbons (Fsp3) is 0.319. The van der Waals surface area contributed by atoms with Crippen LogP contribution in [0.5, 0.6) is 5.75 Å². The molecule has 1 aliphatic heterocycles. The molecule has 308 valence electrons. The predicted molar refractivity (Wildman–Crippen MR) is 221 cm³/mol. The van der Waals surface area contributed by atoms with Crippen LogP contribution in [0.1, 0.15) is 55.0 Å². The molecule has 2 atom stereocenters. The Kier molecular flexibility index (Phi) is 13.0. The number of nitrogens with zero attached hydrogens (tertiary/aromatic N) is 3. The van der Waals surface area contributed by atoms with E-state index >= 15 is 0 Å².